The van der Waals surface area contributed by atoms with Crippen molar-refractivity contribution in [3.63, 3.8) is 0 Å². The lowest BCUT2D eigenvalue weighted by atomic mass is 9.91. The first kappa shape index (κ1) is 15.6. The van der Waals surface area contributed by atoms with Crippen LogP contribution >= 0.6 is 0 Å². The van der Waals surface area contributed by atoms with Gasteiger partial charge in [0.1, 0.15) is 17.2 Å². The van der Waals surface area contributed by atoms with Crippen LogP contribution in [0.3, 0.4) is 0 Å². The summed E-state index contributed by atoms with van der Waals surface area (Å²) in [5, 5.41) is 2.43. The quantitative estimate of drug-likeness (QED) is 0.689. The maximum Gasteiger partial charge on any atom is 0.325 e. The van der Waals surface area contributed by atoms with E-state index in [1.54, 1.807) is 0 Å². The molecular formula is C14H18F2N2O2Si. The SMILES string of the molecule is CC1(c2c(F)cccc2F)NC(=O)N(C[Si](C)(C)C)C1=O. The molecule has 0 saturated carbocycles. The highest BCUT2D eigenvalue weighted by Crippen LogP contribution is 2.32. The molecule has 1 N–H and O–H groups in total. The van der Waals surface area contributed by atoms with Gasteiger partial charge in [0, 0.05) is 6.17 Å². The monoisotopic (exact) mass is 312 g/mol. The van der Waals surface area contributed by atoms with Gasteiger partial charge in [-0.05, 0) is 19.1 Å². The lowest BCUT2D eigenvalue weighted by molar-refractivity contribution is -0.130. The number of carbonyl (C=O) groups excluding carboxylic acids is 2. The van der Waals surface area contributed by atoms with Crippen LogP contribution in [0.15, 0.2) is 18.2 Å². The maximum atomic E-state index is 14.0. The molecule has 1 heterocycles. The summed E-state index contributed by atoms with van der Waals surface area (Å²) in [4.78, 5) is 25.7. The summed E-state index contributed by atoms with van der Waals surface area (Å²) in [5.74, 6) is -2.30. The van der Waals surface area contributed by atoms with Crippen LogP contribution in [0.4, 0.5) is 13.6 Å². The predicted octanol–water partition coefficient (Wildman–Crippen LogP) is 2.61. The van der Waals surface area contributed by atoms with Crippen molar-refractivity contribution >= 4 is 20.0 Å². The van der Waals surface area contributed by atoms with E-state index in [9.17, 15) is 18.4 Å². The summed E-state index contributed by atoms with van der Waals surface area (Å²) < 4.78 is 27.9. The first-order valence-corrected chi connectivity index (χ1v) is 10.4. The average molecular weight is 312 g/mol. The summed E-state index contributed by atoms with van der Waals surface area (Å²) in [6, 6.07) is 2.76. The minimum atomic E-state index is -1.74. The molecule has 0 aliphatic carbocycles. The number of hydrogen-bond acceptors (Lipinski definition) is 2. The Bertz CT molecular complexity index is 595. The Kier molecular flexibility index (Phi) is 3.65. The van der Waals surface area contributed by atoms with Gasteiger partial charge in [-0.15, -0.1) is 0 Å². The second-order valence-corrected chi connectivity index (χ2v) is 12.0. The number of imide groups is 1. The number of nitrogens with zero attached hydrogens (tertiary/aromatic N) is 1. The fraction of sp³-hybridized carbons (Fsp3) is 0.429. The zero-order chi connectivity index (χ0) is 16.0. The van der Waals surface area contributed by atoms with E-state index in [4.69, 9.17) is 0 Å². The molecule has 21 heavy (non-hydrogen) atoms. The number of amides is 3. The molecule has 4 nitrogen and oxygen atoms in total. The molecular weight excluding hydrogens is 294 g/mol. The van der Waals surface area contributed by atoms with Crippen molar-refractivity contribution in [1.82, 2.24) is 10.2 Å². The zero-order valence-electron chi connectivity index (χ0n) is 12.5. The summed E-state index contributed by atoms with van der Waals surface area (Å²) in [7, 11) is -1.74. The minimum Gasteiger partial charge on any atom is -0.319 e. The van der Waals surface area contributed by atoms with Crippen LogP contribution in [0.25, 0.3) is 0 Å². The van der Waals surface area contributed by atoms with Crippen molar-refractivity contribution < 1.29 is 18.4 Å². The predicted molar refractivity (Wildman–Crippen MR) is 77.3 cm³/mol. The van der Waals surface area contributed by atoms with Crippen LogP contribution in [0, 0.1) is 11.6 Å². The Morgan fingerprint density at radius 3 is 2.19 bits per heavy atom. The Labute approximate surface area is 123 Å². The standard InChI is InChI=1S/C14H18F2N2O2Si/c1-14(11-9(15)6-5-7-10(11)16)12(19)18(13(20)17-14)8-21(2,3)4/h5-7H,8H2,1-4H3,(H,17,20). The molecule has 7 heteroatoms. The van der Waals surface area contributed by atoms with Crippen LogP contribution in [0.2, 0.25) is 19.6 Å². The molecule has 1 unspecified atom stereocenters. The maximum absolute atomic E-state index is 14.0. The smallest absolute Gasteiger partial charge is 0.319 e. The van der Waals surface area contributed by atoms with E-state index in [1.807, 2.05) is 19.6 Å². The average Bonchev–Trinajstić information content (AvgIpc) is 2.52. The van der Waals surface area contributed by atoms with E-state index in [1.165, 1.54) is 13.0 Å². The van der Waals surface area contributed by atoms with Crippen molar-refractivity contribution in [2.24, 2.45) is 0 Å². The van der Waals surface area contributed by atoms with E-state index in [0.717, 1.165) is 17.0 Å². The first-order chi connectivity index (χ1) is 9.56. The van der Waals surface area contributed by atoms with Crippen LogP contribution in [0.5, 0.6) is 0 Å². The van der Waals surface area contributed by atoms with Gasteiger partial charge in [-0.2, -0.15) is 0 Å². The van der Waals surface area contributed by atoms with Gasteiger partial charge in [-0.25, -0.2) is 13.6 Å². The van der Waals surface area contributed by atoms with E-state index in [2.05, 4.69) is 5.32 Å². The topological polar surface area (TPSA) is 49.4 Å². The Balaban J connectivity index is 2.46. The molecule has 3 amide bonds. The third-order valence-corrected chi connectivity index (χ3v) is 4.64. The molecule has 1 aromatic carbocycles. The summed E-state index contributed by atoms with van der Waals surface area (Å²) >= 11 is 0. The van der Waals surface area contributed by atoms with E-state index in [-0.39, 0.29) is 0 Å². The number of benzene rings is 1. The van der Waals surface area contributed by atoms with Crippen molar-refractivity contribution in [2.75, 3.05) is 6.17 Å². The van der Waals surface area contributed by atoms with Gasteiger partial charge in [-0.3, -0.25) is 9.69 Å². The van der Waals surface area contributed by atoms with Crippen molar-refractivity contribution in [3.05, 3.63) is 35.4 Å². The second kappa shape index (κ2) is 4.90. The van der Waals surface area contributed by atoms with Crippen molar-refractivity contribution in [1.29, 1.82) is 0 Å². The van der Waals surface area contributed by atoms with Gasteiger partial charge in [0.2, 0.25) is 0 Å². The van der Waals surface area contributed by atoms with E-state index in [0.29, 0.717) is 6.17 Å². The number of hydrogen-bond donors (Lipinski definition) is 1. The molecule has 1 aliphatic heterocycles. The number of nitrogens with one attached hydrogen (secondary N) is 1. The van der Waals surface area contributed by atoms with Gasteiger partial charge in [0.05, 0.1) is 13.6 Å². The molecule has 1 saturated heterocycles. The lowest BCUT2D eigenvalue weighted by Crippen LogP contribution is -2.45. The normalized spacial score (nSPS) is 22.7. The molecule has 1 fully saturated rings. The van der Waals surface area contributed by atoms with Crippen LogP contribution in [-0.2, 0) is 10.3 Å². The van der Waals surface area contributed by atoms with Crippen molar-refractivity contribution in [3.8, 4) is 0 Å². The number of rotatable bonds is 3. The molecule has 0 aromatic heterocycles. The molecule has 2 rings (SSSR count). The summed E-state index contributed by atoms with van der Waals surface area (Å²) in [5.41, 5.74) is -2.12. The van der Waals surface area contributed by atoms with E-state index < -0.39 is 42.7 Å². The molecule has 1 aromatic rings. The number of urea groups is 1. The number of halogens is 2. The van der Waals surface area contributed by atoms with Crippen LogP contribution in [-0.4, -0.2) is 31.1 Å². The van der Waals surface area contributed by atoms with Gasteiger partial charge in [0.25, 0.3) is 5.91 Å². The largest absolute Gasteiger partial charge is 0.325 e. The summed E-state index contributed by atoms with van der Waals surface area (Å²) in [6.07, 6.45) is 0.309. The number of carbonyl (C=O) groups is 2. The fourth-order valence-electron chi connectivity index (χ4n) is 2.46. The Morgan fingerprint density at radius 1 is 1.19 bits per heavy atom. The summed E-state index contributed by atoms with van der Waals surface area (Å²) in [6.45, 7) is 7.35. The van der Waals surface area contributed by atoms with Crippen molar-refractivity contribution in [2.45, 2.75) is 32.1 Å². The highest BCUT2D eigenvalue weighted by Gasteiger charge is 2.52. The van der Waals surface area contributed by atoms with Crippen LogP contribution in [0.1, 0.15) is 12.5 Å². The van der Waals surface area contributed by atoms with Gasteiger partial charge in [-0.1, -0.05) is 25.7 Å². The third kappa shape index (κ3) is 2.70. The zero-order valence-corrected chi connectivity index (χ0v) is 13.5. The van der Waals surface area contributed by atoms with Gasteiger partial charge < -0.3 is 5.32 Å². The molecule has 114 valence electrons. The second-order valence-electron chi connectivity index (χ2n) is 6.60. The van der Waals surface area contributed by atoms with E-state index >= 15 is 0 Å². The van der Waals surface area contributed by atoms with Gasteiger partial charge in [0.15, 0.2) is 0 Å². The highest BCUT2D eigenvalue weighted by atomic mass is 28.3. The molecule has 1 atom stereocenters. The molecule has 0 bridgehead atoms. The minimum absolute atomic E-state index is 0.309. The Hall–Kier alpha value is -1.76. The molecule has 0 radical (unpaired) electrons. The highest BCUT2D eigenvalue weighted by molar-refractivity contribution is 6.76. The Morgan fingerprint density at radius 2 is 1.71 bits per heavy atom. The molecule has 1 aliphatic rings. The lowest BCUT2D eigenvalue weighted by Gasteiger charge is -2.25. The fourth-order valence-corrected chi connectivity index (χ4v) is 3.70. The van der Waals surface area contributed by atoms with Crippen LogP contribution < -0.4 is 5.32 Å². The third-order valence-electron chi connectivity index (χ3n) is 3.37. The molecule has 0 spiro atoms. The van der Waals surface area contributed by atoms with Gasteiger partial charge >= 0.3 is 6.03 Å². The first-order valence-electron chi connectivity index (χ1n) is 6.65.